The topological polar surface area (TPSA) is 70.6 Å². The van der Waals surface area contributed by atoms with Gasteiger partial charge in [0.1, 0.15) is 10.7 Å². The van der Waals surface area contributed by atoms with E-state index in [0.29, 0.717) is 36.9 Å². The highest BCUT2D eigenvalue weighted by molar-refractivity contribution is 7.88. The number of aromatic nitrogens is 1. The largest absolute Gasteiger partial charge is 0.335 e. The number of carbonyl (C=O) groups is 1. The third-order valence-corrected chi connectivity index (χ3v) is 6.22. The van der Waals surface area contributed by atoms with Crippen molar-refractivity contribution in [1.82, 2.24) is 14.2 Å². The molecule has 128 valence electrons. The molecule has 2 aromatic rings. The normalized spacial score (nSPS) is 16.3. The van der Waals surface area contributed by atoms with Crippen molar-refractivity contribution in [2.45, 2.75) is 0 Å². The summed E-state index contributed by atoms with van der Waals surface area (Å²) in [6.45, 7) is 1.37. The van der Waals surface area contributed by atoms with Gasteiger partial charge in [0.2, 0.25) is 10.0 Å². The Balaban J connectivity index is 1.71. The van der Waals surface area contributed by atoms with Gasteiger partial charge in [0.25, 0.3) is 5.91 Å². The summed E-state index contributed by atoms with van der Waals surface area (Å²) in [4.78, 5) is 18.6. The van der Waals surface area contributed by atoms with E-state index in [0.717, 1.165) is 10.6 Å². The van der Waals surface area contributed by atoms with Crippen LogP contribution in [0, 0.1) is 0 Å². The molecule has 0 N–H and O–H groups in total. The lowest BCUT2D eigenvalue weighted by Crippen LogP contribution is -2.50. The van der Waals surface area contributed by atoms with Crippen LogP contribution in [0.2, 0.25) is 5.02 Å². The molecule has 0 spiro atoms. The minimum Gasteiger partial charge on any atom is -0.335 e. The molecule has 6 nitrogen and oxygen atoms in total. The van der Waals surface area contributed by atoms with E-state index in [2.05, 4.69) is 4.98 Å². The smallest absolute Gasteiger partial charge is 0.273 e. The lowest BCUT2D eigenvalue weighted by atomic mass is 10.2. The molecule has 0 unspecified atom stereocenters. The highest BCUT2D eigenvalue weighted by Gasteiger charge is 2.27. The summed E-state index contributed by atoms with van der Waals surface area (Å²) < 4.78 is 24.4. The fraction of sp³-hybridized carbons (Fsp3) is 0.333. The molecule has 1 amide bonds. The average Bonchev–Trinajstić information content (AvgIpc) is 3.03. The maximum absolute atomic E-state index is 12.5. The second kappa shape index (κ2) is 6.79. The van der Waals surface area contributed by atoms with Crippen LogP contribution in [0.1, 0.15) is 10.5 Å². The summed E-state index contributed by atoms with van der Waals surface area (Å²) in [5.41, 5.74) is 1.25. The van der Waals surface area contributed by atoms with Crippen LogP contribution in [0.15, 0.2) is 29.6 Å². The number of rotatable bonds is 3. The number of nitrogens with zero attached hydrogens (tertiary/aromatic N) is 3. The summed E-state index contributed by atoms with van der Waals surface area (Å²) >= 11 is 7.37. The molecule has 0 atom stereocenters. The molecule has 1 aliphatic heterocycles. The minimum absolute atomic E-state index is 0.173. The van der Waals surface area contributed by atoms with Crippen LogP contribution >= 0.6 is 22.9 Å². The van der Waals surface area contributed by atoms with E-state index in [4.69, 9.17) is 11.6 Å². The predicted molar refractivity (Wildman–Crippen MR) is 94.9 cm³/mol. The van der Waals surface area contributed by atoms with Crippen molar-refractivity contribution in [2.75, 3.05) is 32.4 Å². The van der Waals surface area contributed by atoms with Gasteiger partial charge in [-0.25, -0.2) is 13.4 Å². The van der Waals surface area contributed by atoms with E-state index < -0.39 is 10.0 Å². The number of halogens is 1. The van der Waals surface area contributed by atoms with Crippen LogP contribution < -0.4 is 0 Å². The van der Waals surface area contributed by atoms with Crippen LogP contribution in [-0.2, 0) is 10.0 Å². The lowest BCUT2D eigenvalue weighted by molar-refractivity contribution is 0.0693. The summed E-state index contributed by atoms with van der Waals surface area (Å²) in [7, 11) is -3.21. The zero-order valence-corrected chi connectivity index (χ0v) is 15.4. The van der Waals surface area contributed by atoms with E-state index in [9.17, 15) is 13.2 Å². The Morgan fingerprint density at radius 3 is 2.58 bits per heavy atom. The van der Waals surface area contributed by atoms with E-state index >= 15 is 0 Å². The van der Waals surface area contributed by atoms with Crippen LogP contribution in [0.3, 0.4) is 0 Å². The molecule has 2 heterocycles. The Labute approximate surface area is 149 Å². The maximum Gasteiger partial charge on any atom is 0.273 e. The monoisotopic (exact) mass is 385 g/mol. The molecule has 24 heavy (non-hydrogen) atoms. The van der Waals surface area contributed by atoms with Gasteiger partial charge in [-0.1, -0.05) is 23.7 Å². The second-order valence-corrected chi connectivity index (χ2v) is 8.78. The van der Waals surface area contributed by atoms with E-state index in [1.807, 2.05) is 12.1 Å². The van der Waals surface area contributed by atoms with Crippen molar-refractivity contribution in [3.8, 4) is 10.6 Å². The third kappa shape index (κ3) is 3.77. The number of carbonyl (C=O) groups excluding carboxylic acids is 1. The quantitative estimate of drug-likeness (QED) is 0.811. The molecule has 0 bridgehead atoms. The SMILES string of the molecule is CS(=O)(=O)N1CCN(C(=O)c2csc(-c3cccc(Cl)c3)n2)CC1. The summed E-state index contributed by atoms with van der Waals surface area (Å²) in [5, 5.41) is 3.07. The van der Waals surface area contributed by atoms with Gasteiger partial charge in [-0.3, -0.25) is 4.79 Å². The average molecular weight is 386 g/mol. The Bertz CT molecular complexity index is 858. The molecule has 1 aromatic heterocycles. The van der Waals surface area contributed by atoms with Crippen LogP contribution in [0.5, 0.6) is 0 Å². The molecule has 0 radical (unpaired) electrons. The minimum atomic E-state index is -3.21. The van der Waals surface area contributed by atoms with Crippen molar-refractivity contribution in [2.24, 2.45) is 0 Å². The van der Waals surface area contributed by atoms with Crippen molar-refractivity contribution in [1.29, 1.82) is 0 Å². The highest BCUT2D eigenvalue weighted by Crippen LogP contribution is 2.26. The molecule has 1 saturated heterocycles. The highest BCUT2D eigenvalue weighted by atomic mass is 35.5. The first-order valence-electron chi connectivity index (χ1n) is 7.30. The molecular weight excluding hydrogens is 370 g/mol. The Morgan fingerprint density at radius 1 is 1.25 bits per heavy atom. The molecule has 0 aliphatic carbocycles. The van der Waals surface area contributed by atoms with E-state index in [1.165, 1.54) is 21.9 Å². The Kier molecular flexibility index (Phi) is 4.91. The fourth-order valence-electron chi connectivity index (χ4n) is 2.51. The van der Waals surface area contributed by atoms with Gasteiger partial charge in [0.15, 0.2) is 0 Å². The number of thiazole rings is 1. The Morgan fingerprint density at radius 2 is 1.96 bits per heavy atom. The van der Waals surface area contributed by atoms with Gasteiger partial charge in [0.05, 0.1) is 6.26 Å². The molecule has 1 aliphatic rings. The van der Waals surface area contributed by atoms with Gasteiger partial charge in [-0.2, -0.15) is 4.31 Å². The van der Waals surface area contributed by atoms with Crippen molar-refractivity contribution in [3.63, 3.8) is 0 Å². The molecule has 1 fully saturated rings. The molecule has 0 saturated carbocycles. The molecular formula is C15H16ClN3O3S2. The van der Waals surface area contributed by atoms with Gasteiger partial charge in [-0.15, -0.1) is 11.3 Å². The summed E-state index contributed by atoms with van der Waals surface area (Å²) in [5.74, 6) is -0.173. The maximum atomic E-state index is 12.5. The van der Waals surface area contributed by atoms with Gasteiger partial charge >= 0.3 is 0 Å². The number of amides is 1. The van der Waals surface area contributed by atoms with Gasteiger partial charge < -0.3 is 4.90 Å². The van der Waals surface area contributed by atoms with Crippen LogP contribution in [0.4, 0.5) is 0 Å². The molecule has 3 rings (SSSR count). The van der Waals surface area contributed by atoms with Gasteiger partial charge in [-0.05, 0) is 12.1 Å². The second-order valence-electron chi connectivity index (χ2n) is 5.50. The van der Waals surface area contributed by atoms with Crippen LogP contribution in [-0.4, -0.2) is 60.9 Å². The zero-order valence-electron chi connectivity index (χ0n) is 13.0. The number of hydrogen-bond acceptors (Lipinski definition) is 5. The van der Waals surface area contributed by atoms with Crippen molar-refractivity contribution < 1.29 is 13.2 Å². The zero-order chi connectivity index (χ0) is 17.3. The molecule has 1 aromatic carbocycles. The number of hydrogen-bond donors (Lipinski definition) is 0. The number of sulfonamides is 1. The number of piperazine rings is 1. The first-order valence-corrected chi connectivity index (χ1v) is 10.4. The molecule has 9 heteroatoms. The predicted octanol–water partition coefficient (Wildman–Crippen LogP) is 2.18. The lowest BCUT2D eigenvalue weighted by Gasteiger charge is -2.32. The number of benzene rings is 1. The first-order chi connectivity index (χ1) is 11.3. The first kappa shape index (κ1) is 17.3. The fourth-order valence-corrected chi connectivity index (χ4v) is 4.32. The van der Waals surface area contributed by atoms with Gasteiger partial charge in [0, 0.05) is 42.1 Å². The Hall–Kier alpha value is -1.48. The summed E-state index contributed by atoms with van der Waals surface area (Å²) in [6.07, 6.45) is 1.18. The van der Waals surface area contributed by atoms with E-state index in [1.54, 1.807) is 22.4 Å². The third-order valence-electron chi connectivity index (χ3n) is 3.79. The van der Waals surface area contributed by atoms with Crippen molar-refractivity contribution >= 4 is 38.9 Å². The van der Waals surface area contributed by atoms with Crippen LogP contribution in [0.25, 0.3) is 10.6 Å². The standard InChI is InChI=1S/C15H16ClN3O3S2/c1-24(21,22)19-7-5-18(6-8-19)15(20)13-10-23-14(17-13)11-3-2-4-12(16)9-11/h2-4,9-10H,5-8H2,1H3. The van der Waals surface area contributed by atoms with Crippen molar-refractivity contribution in [3.05, 3.63) is 40.4 Å². The summed E-state index contributed by atoms with van der Waals surface area (Å²) in [6, 6.07) is 7.32. The van der Waals surface area contributed by atoms with E-state index in [-0.39, 0.29) is 5.91 Å².